The fourth-order valence-electron chi connectivity index (χ4n) is 0.878. The van der Waals surface area contributed by atoms with E-state index < -0.39 is 0 Å². The summed E-state index contributed by atoms with van der Waals surface area (Å²) >= 11 is 0. The molecule has 0 bridgehead atoms. The van der Waals surface area contributed by atoms with Crippen molar-refractivity contribution in [2.45, 2.75) is 20.8 Å². The van der Waals surface area contributed by atoms with Crippen molar-refractivity contribution in [1.82, 2.24) is 0 Å². The Morgan fingerprint density at radius 2 is 1.50 bits per heavy atom. The minimum Gasteiger partial charge on any atom is -0.508 e. The zero-order valence-corrected chi connectivity index (χ0v) is 9.22. The van der Waals surface area contributed by atoms with E-state index in [2.05, 4.69) is 19.7 Å². The second-order valence-corrected chi connectivity index (χ2v) is 3.50. The van der Waals surface area contributed by atoms with E-state index in [4.69, 9.17) is 0 Å². The number of aliphatic hydroxyl groups excluding tert-OH is 1. The molecule has 0 aliphatic rings. The molecular weight excluding hydrogens is 172 g/mol. The van der Waals surface area contributed by atoms with Gasteiger partial charge >= 0.3 is 0 Å². The number of rotatable bonds is 4. The predicted molar refractivity (Wildman–Crippen MR) is 63.2 cm³/mol. The van der Waals surface area contributed by atoms with Crippen LogP contribution in [-0.2, 0) is 0 Å². The lowest BCUT2D eigenvalue weighted by atomic mass is 10.1. The smallest absolute Gasteiger partial charge is 0.115 e. The molecule has 0 saturated carbocycles. The zero-order valence-electron chi connectivity index (χ0n) is 9.22. The van der Waals surface area contributed by atoms with Gasteiger partial charge in [-0.15, -0.1) is 0 Å². The maximum atomic E-state index is 9.28. The molecule has 0 unspecified atom stereocenters. The monoisotopic (exact) mass is 190 g/mol. The van der Waals surface area contributed by atoms with E-state index in [0.717, 1.165) is 22.3 Å². The Labute approximate surface area is 86.5 Å². The van der Waals surface area contributed by atoms with Crippen LogP contribution in [0, 0.1) is 0 Å². The molecular formula is C13H18O. The topological polar surface area (TPSA) is 20.2 Å². The van der Waals surface area contributed by atoms with Crippen molar-refractivity contribution in [2.24, 2.45) is 0 Å². The highest BCUT2D eigenvalue weighted by atomic mass is 16.3. The molecule has 0 aromatic rings. The first-order chi connectivity index (χ1) is 6.36. The van der Waals surface area contributed by atoms with Gasteiger partial charge in [0.25, 0.3) is 0 Å². The van der Waals surface area contributed by atoms with Crippen LogP contribution < -0.4 is 0 Å². The first-order valence-electron chi connectivity index (χ1n) is 4.44. The van der Waals surface area contributed by atoms with E-state index in [1.807, 2.05) is 26.8 Å². The van der Waals surface area contributed by atoms with Gasteiger partial charge in [-0.05, 0) is 26.3 Å². The molecule has 0 rings (SSSR count). The molecule has 0 fully saturated rings. The largest absolute Gasteiger partial charge is 0.508 e. The molecule has 0 heterocycles. The number of hydrogen-bond acceptors (Lipinski definition) is 1. The van der Waals surface area contributed by atoms with Crippen LogP contribution in [-0.4, -0.2) is 5.11 Å². The van der Waals surface area contributed by atoms with Crippen LogP contribution >= 0.6 is 0 Å². The van der Waals surface area contributed by atoms with E-state index in [0.29, 0.717) is 0 Å². The van der Waals surface area contributed by atoms with E-state index >= 15 is 0 Å². The number of hydrogen-bond donors (Lipinski definition) is 1. The fourth-order valence-corrected chi connectivity index (χ4v) is 0.878. The molecule has 76 valence electrons. The standard InChI is InChI=1S/C13H18O/c1-9(2)11(5)7-8-13(10(3)4)12(6)14/h7-8,14H,1,5-6H2,2-4H3/b8-7-. The molecule has 0 aromatic carbocycles. The van der Waals surface area contributed by atoms with Crippen LogP contribution in [0.3, 0.4) is 0 Å². The molecule has 14 heavy (non-hydrogen) atoms. The van der Waals surface area contributed by atoms with Gasteiger partial charge in [0, 0.05) is 5.57 Å². The van der Waals surface area contributed by atoms with E-state index in [-0.39, 0.29) is 5.76 Å². The minimum atomic E-state index is 0.0794. The molecule has 0 spiro atoms. The molecule has 0 radical (unpaired) electrons. The van der Waals surface area contributed by atoms with Gasteiger partial charge in [0.2, 0.25) is 0 Å². The Bertz CT molecular complexity index is 323. The Morgan fingerprint density at radius 1 is 1.00 bits per heavy atom. The Hall–Kier alpha value is -1.50. The average molecular weight is 190 g/mol. The molecule has 0 aliphatic heterocycles. The van der Waals surface area contributed by atoms with Crippen molar-refractivity contribution < 1.29 is 5.11 Å². The number of allylic oxidation sites excluding steroid dienone is 5. The van der Waals surface area contributed by atoms with Crippen molar-refractivity contribution in [3.63, 3.8) is 0 Å². The third-order valence-corrected chi connectivity index (χ3v) is 1.85. The molecule has 1 heteroatoms. The molecule has 0 atom stereocenters. The summed E-state index contributed by atoms with van der Waals surface area (Å²) < 4.78 is 0. The van der Waals surface area contributed by atoms with Crippen LogP contribution in [0.2, 0.25) is 0 Å². The Balaban J connectivity index is 4.82. The predicted octanol–water partition coefficient (Wildman–Crippen LogP) is 4.08. The van der Waals surface area contributed by atoms with Crippen LogP contribution in [0.5, 0.6) is 0 Å². The highest BCUT2D eigenvalue weighted by molar-refractivity contribution is 5.43. The molecule has 1 nitrogen and oxygen atoms in total. The summed E-state index contributed by atoms with van der Waals surface area (Å²) in [6.07, 6.45) is 3.63. The highest BCUT2D eigenvalue weighted by Gasteiger charge is 1.98. The van der Waals surface area contributed by atoms with Gasteiger partial charge in [-0.2, -0.15) is 0 Å². The van der Waals surface area contributed by atoms with Gasteiger partial charge in [0.15, 0.2) is 0 Å². The summed E-state index contributed by atoms with van der Waals surface area (Å²) in [7, 11) is 0. The second-order valence-electron chi connectivity index (χ2n) is 3.50. The normalized spacial score (nSPS) is 9.93. The van der Waals surface area contributed by atoms with E-state index in [1.54, 1.807) is 6.08 Å². The van der Waals surface area contributed by atoms with Gasteiger partial charge in [0.05, 0.1) is 0 Å². The Kier molecular flexibility index (Phi) is 4.71. The zero-order chi connectivity index (χ0) is 11.3. The van der Waals surface area contributed by atoms with Crippen LogP contribution in [0.25, 0.3) is 0 Å². The van der Waals surface area contributed by atoms with Crippen molar-refractivity contribution in [2.75, 3.05) is 0 Å². The van der Waals surface area contributed by atoms with E-state index in [9.17, 15) is 5.11 Å². The molecule has 0 saturated heterocycles. The maximum absolute atomic E-state index is 9.28. The van der Waals surface area contributed by atoms with Crippen molar-refractivity contribution in [3.05, 3.63) is 59.9 Å². The average Bonchev–Trinajstić information content (AvgIpc) is 2.02. The van der Waals surface area contributed by atoms with Crippen molar-refractivity contribution in [3.8, 4) is 0 Å². The van der Waals surface area contributed by atoms with Crippen LogP contribution in [0.1, 0.15) is 20.8 Å². The fraction of sp³-hybridized carbons (Fsp3) is 0.231. The summed E-state index contributed by atoms with van der Waals surface area (Å²) in [6.45, 7) is 16.8. The van der Waals surface area contributed by atoms with Crippen LogP contribution in [0.4, 0.5) is 0 Å². The number of aliphatic hydroxyl groups is 1. The quantitative estimate of drug-likeness (QED) is 0.523. The summed E-state index contributed by atoms with van der Waals surface area (Å²) in [5.41, 5.74) is 3.53. The minimum absolute atomic E-state index is 0.0794. The summed E-state index contributed by atoms with van der Waals surface area (Å²) in [5.74, 6) is 0.0794. The first kappa shape index (κ1) is 12.5. The molecule has 1 N–H and O–H groups in total. The molecule has 0 aromatic heterocycles. The molecule has 0 aliphatic carbocycles. The summed E-state index contributed by atoms with van der Waals surface area (Å²) in [5, 5.41) is 9.28. The SMILES string of the molecule is C=C(C)C(=C)/C=C\C(C(=C)O)=C(C)C. The van der Waals surface area contributed by atoms with E-state index in [1.165, 1.54) is 0 Å². The lowest BCUT2D eigenvalue weighted by Gasteiger charge is -2.03. The van der Waals surface area contributed by atoms with Gasteiger partial charge < -0.3 is 5.11 Å². The lowest BCUT2D eigenvalue weighted by Crippen LogP contribution is -1.86. The van der Waals surface area contributed by atoms with Gasteiger partial charge in [-0.1, -0.05) is 43.0 Å². The van der Waals surface area contributed by atoms with Crippen LogP contribution in [0.15, 0.2) is 59.9 Å². The third kappa shape index (κ3) is 3.94. The maximum Gasteiger partial charge on any atom is 0.115 e. The van der Waals surface area contributed by atoms with Gasteiger partial charge in [-0.25, -0.2) is 0 Å². The van der Waals surface area contributed by atoms with Gasteiger partial charge in [-0.3, -0.25) is 0 Å². The van der Waals surface area contributed by atoms with Crippen molar-refractivity contribution in [1.29, 1.82) is 0 Å². The van der Waals surface area contributed by atoms with Crippen molar-refractivity contribution >= 4 is 0 Å². The lowest BCUT2D eigenvalue weighted by molar-refractivity contribution is 0.428. The summed E-state index contributed by atoms with van der Waals surface area (Å²) in [4.78, 5) is 0. The Morgan fingerprint density at radius 3 is 1.79 bits per heavy atom. The molecule has 0 amide bonds. The first-order valence-corrected chi connectivity index (χ1v) is 4.44. The third-order valence-electron chi connectivity index (χ3n) is 1.85. The second kappa shape index (κ2) is 5.28. The summed E-state index contributed by atoms with van der Waals surface area (Å²) in [6, 6.07) is 0. The highest BCUT2D eigenvalue weighted by Crippen LogP contribution is 2.14. The van der Waals surface area contributed by atoms with Gasteiger partial charge in [0.1, 0.15) is 5.76 Å².